The normalized spacial score (nSPS) is 11.6. The maximum absolute atomic E-state index is 5.49. The highest BCUT2D eigenvalue weighted by Gasteiger charge is 2.26. The average molecular weight is 782 g/mol. The van der Waals surface area contributed by atoms with Gasteiger partial charge in [0, 0.05) is 43.8 Å². The summed E-state index contributed by atoms with van der Waals surface area (Å²) < 4.78 is 6.63. The molecule has 0 saturated heterocycles. The van der Waals surface area contributed by atoms with Crippen molar-refractivity contribution in [2.24, 2.45) is 0 Å². The van der Waals surface area contributed by atoms with Crippen LogP contribution in [0.25, 0.3) is 106 Å². The molecule has 0 spiro atoms. The molecule has 8 aromatic carbocycles. The lowest BCUT2D eigenvalue weighted by Crippen LogP contribution is -2.11. The van der Waals surface area contributed by atoms with Gasteiger partial charge in [-0.3, -0.25) is 13.7 Å². The second kappa shape index (κ2) is 14.1. The van der Waals surface area contributed by atoms with Crippen molar-refractivity contribution in [3.05, 3.63) is 212 Å². The molecule has 12 aromatic rings. The van der Waals surface area contributed by atoms with Gasteiger partial charge in [-0.15, -0.1) is 0 Å². The van der Waals surface area contributed by atoms with Crippen LogP contribution in [0.2, 0.25) is 0 Å². The lowest BCUT2D eigenvalue weighted by Gasteiger charge is -2.18. The number of para-hydroxylation sites is 5. The van der Waals surface area contributed by atoms with Gasteiger partial charge in [-0.1, -0.05) is 176 Å². The van der Waals surface area contributed by atoms with Crippen LogP contribution in [-0.4, -0.2) is 33.6 Å². The molecule has 0 bridgehead atoms. The first-order valence-electron chi connectivity index (χ1n) is 20.4. The van der Waals surface area contributed by atoms with Gasteiger partial charge in [0.2, 0.25) is 11.9 Å². The summed E-state index contributed by atoms with van der Waals surface area (Å²) in [6.45, 7) is 0. The number of imidazole rings is 1. The molecule has 61 heavy (non-hydrogen) atoms. The highest BCUT2D eigenvalue weighted by molar-refractivity contribution is 6.10. The molecule has 0 atom stereocenters. The van der Waals surface area contributed by atoms with Crippen molar-refractivity contribution in [2.45, 2.75) is 0 Å². The highest BCUT2D eigenvalue weighted by atomic mass is 15.3. The van der Waals surface area contributed by atoms with E-state index in [4.69, 9.17) is 19.9 Å². The van der Waals surface area contributed by atoms with Gasteiger partial charge < -0.3 is 0 Å². The molecular weight excluding hydrogens is 747 g/mol. The lowest BCUT2D eigenvalue weighted by molar-refractivity contribution is 0.891. The Morgan fingerprint density at radius 2 is 0.689 bits per heavy atom. The van der Waals surface area contributed by atoms with Gasteiger partial charge in [0.05, 0.1) is 39.1 Å². The minimum atomic E-state index is 0.524. The molecule has 0 fully saturated rings. The van der Waals surface area contributed by atoms with E-state index < -0.39 is 0 Å². The van der Waals surface area contributed by atoms with E-state index in [2.05, 4.69) is 214 Å². The van der Waals surface area contributed by atoms with Crippen molar-refractivity contribution in [3.63, 3.8) is 0 Å². The zero-order chi connectivity index (χ0) is 40.3. The second-order valence-corrected chi connectivity index (χ2v) is 15.1. The van der Waals surface area contributed by atoms with E-state index in [0.29, 0.717) is 17.7 Å². The maximum Gasteiger partial charge on any atom is 0.240 e. The topological polar surface area (TPSA) is 66.3 Å². The number of fused-ring (bicyclic) bond motifs is 6. The number of hydrogen-bond donors (Lipinski definition) is 0. The summed E-state index contributed by atoms with van der Waals surface area (Å²) in [6, 6.07) is 73.6. The Kier molecular flexibility index (Phi) is 8.03. The fourth-order valence-corrected chi connectivity index (χ4v) is 8.90. The minimum Gasteiger partial charge on any atom is -0.291 e. The lowest BCUT2D eigenvalue weighted by atomic mass is 10.0. The third-order valence-corrected chi connectivity index (χ3v) is 11.6. The number of hydrogen-bond acceptors (Lipinski definition) is 4. The van der Waals surface area contributed by atoms with E-state index in [0.717, 1.165) is 88.8 Å². The van der Waals surface area contributed by atoms with Crippen molar-refractivity contribution < 1.29 is 0 Å². The Hall–Kier alpha value is -8.42. The Morgan fingerprint density at radius 1 is 0.295 bits per heavy atom. The SMILES string of the molecule is c1ccc(-c2nc(-c3ccccc3)n(-c3ccccc3-c3nc(-n4c5ccccc5c5ccccc54)nc(-n4c5ccccc5c5ccccc54)n3)c2-c2ccccc2)cc1. The van der Waals surface area contributed by atoms with E-state index in [1.807, 2.05) is 12.1 Å². The van der Waals surface area contributed by atoms with Crippen molar-refractivity contribution >= 4 is 43.6 Å². The summed E-state index contributed by atoms with van der Waals surface area (Å²) >= 11 is 0. The monoisotopic (exact) mass is 781 g/mol. The summed E-state index contributed by atoms with van der Waals surface area (Å²) in [4.78, 5) is 21.8. The number of benzene rings is 8. The number of nitrogens with zero attached hydrogens (tertiary/aromatic N) is 7. The summed E-state index contributed by atoms with van der Waals surface area (Å²) in [5, 5.41) is 4.52. The standard InChI is InChI=1S/C54H35N7/c1-4-20-36(21-5-1)49-50(37-22-6-2-7-23-37)61(52(55-49)38-24-8-3-9-25-38)48-35-19-14-30-43(48)51-56-53(59-44-31-15-10-26-39(44)40-27-11-16-32-45(40)59)58-54(57-51)60-46-33-17-12-28-41(46)42-29-13-18-34-47(42)60/h1-35H. The molecule has 286 valence electrons. The van der Waals surface area contributed by atoms with Crippen LogP contribution in [-0.2, 0) is 0 Å². The molecule has 12 rings (SSSR count). The first kappa shape index (κ1) is 34.6. The predicted octanol–water partition coefficient (Wildman–Crippen LogP) is 12.9. The van der Waals surface area contributed by atoms with Crippen LogP contribution in [0.4, 0.5) is 0 Å². The molecule has 0 aliphatic rings. The predicted molar refractivity (Wildman–Crippen MR) is 247 cm³/mol. The third-order valence-electron chi connectivity index (χ3n) is 11.6. The van der Waals surface area contributed by atoms with E-state index in [-0.39, 0.29) is 0 Å². The Bertz CT molecular complexity index is 3350. The van der Waals surface area contributed by atoms with E-state index >= 15 is 0 Å². The summed E-state index contributed by atoms with van der Waals surface area (Å²) in [5.74, 6) is 2.39. The highest BCUT2D eigenvalue weighted by Crippen LogP contribution is 2.41. The van der Waals surface area contributed by atoms with Crippen LogP contribution in [0.3, 0.4) is 0 Å². The Balaban J connectivity index is 1.20. The second-order valence-electron chi connectivity index (χ2n) is 15.1. The Morgan fingerprint density at radius 3 is 1.18 bits per heavy atom. The number of rotatable bonds is 7. The molecule has 4 aromatic heterocycles. The van der Waals surface area contributed by atoms with E-state index in [1.165, 1.54) is 0 Å². The van der Waals surface area contributed by atoms with Crippen LogP contribution in [0.5, 0.6) is 0 Å². The van der Waals surface area contributed by atoms with Gasteiger partial charge in [0.25, 0.3) is 0 Å². The first-order chi connectivity index (χ1) is 30.3. The van der Waals surface area contributed by atoms with Crippen LogP contribution >= 0.6 is 0 Å². The van der Waals surface area contributed by atoms with Gasteiger partial charge >= 0.3 is 0 Å². The molecule has 0 amide bonds. The van der Waals surface area contributed by atoms with Crippen molar-refractivity contribution in [2.75, 3.05) is 0 Å². The zero-order valence-corrected chi connectivity index (χ0v) is 32.8. The largest absolute Gasteiger partial charge is 0.291 e. The summed E-state index contributed by atoms with van der Waals surface area (Å²) in [7, 11) is 0. The van der Waals surface area contributed by atoms with E-state index in [9.17, 15) is 0 Å². The van der Waals surface area contributed by atoms with Crippen molar-refractivity contribution in [1.82, 2.24) is 33.6 Å². The molecule has 4 heterocycles. The maximum atomic E-state index is 5.49. The van der Waals surface area contributed by atoms with Gasteiger partial charge in [-0.25, -0.2) is 4.98 Å². The molecule has 7 heteroatoms. The fraction of sp³-hybridized carbons (Fsp3) is 0. The molecule has 0 N–H and O–H groups in total. The average Bonchev–Trinajstić information content (AvgIpc) is 4.01. The fourth-order valence-electron chi connectivity index (χ4n) is 8.90. The van der Waals surface area contributed by atoms with Gasteiger partial charge in [-0.05, 0) is 36.4 Å². The van der Waals surface area contributed by atoms with Crippen LogP contribution in [0.1, 0.15) is 0 Å². The first-order valence-corrected chi connectivity index (χ1v) is 20.4. The molecule has 0 radical (unpaired) electrons. The van der Waals surface area contributed by atoms with Crippen LogP contribution in [0.15, 0.2) is 212 Å². The molecule has 0 aliphatic carbocycles. The van der Waals surface area contributed by atoms with Crippen LogP contribution in [0, 0.1) is 0 Å². The van der Waals surface area contributed by atoms with E-state index in [1.54, 1.807) is 0 Å². The number of aromatic nitrogens is 7. The quantitative estimate of drug-likeness (QED) is 0.161. The molecule has 7 nitrogen and oxygen atoms in total. The minimum absolute atomic E-state index is 0.524. The molecule has 0 saturated carbocycles. The Labute approximate surface area is 351 Å². The third kappa shape index (κ3) is 5.59. The van der Waals surface area contributed by atoms with Crippen LogP contribution < -0.4 is 0 Å². The van der Waals surface area contributed by atoms with Gasteiger partial charge in [0.1, 0.15) is 5.82 Å². The molecular formula is C54H35N7. The van der Waals surface area contributed by atoms with Gasteiger partial charge in [0.15, 0.2) is 5.82 Å². The summed E-state index contributed by atoms with van der Waals surface area (Å²) in [6.07, 6.45) is 0. The smallest absolute Gasteiger partial charge is 0.240 e. The van der Waals surface area contributed by atoms with Gasteiger partial charge in [-0.2, -0.15) is 15.0 Å². The molecule has 0 unspecified atom stereocenters. The molecule has 0 aliphatic heterocycles. The van der Waals surface area contributed by atoms with Crippen molar-refractivity contribution in [1.29, 1.82) is 0 Å². The van der Waals surface area contributed by atoms with Crippen molar-refractivity contribution in [3.8, 4) is 62.9 Å². The summed E-state index contributed by atoms with van der Waals surface area (Å²) in [5.41, 5.74) is 10.7. The zero-order valence-electron chi connectivity index (χ0n) is 32.8.